The Kier molecular flexibility index (Phi) is 8.59. The van der Waals surface area contributed by atoms with Crippen LogP contribution in [0.15, 0.2) is 60.7 Å². The number of ether oxygens (including phenoxy) is 1. The predicted molar refractivity (Wildman–Crippen MR) is 134 cm³/mol. The van der Waals surface area contributed by atoms with Crippen LogP contribution in [0.4, 0.5) is 0 Å². The highest BCUT2D eigenvalue weighted by molar-refractivity contribution is 6.36. The third-order valence-corrected chi connectivity index (χ3v) is 6.02. The molecule has 2 amide bonds. The first-order valence-electron chi connectivity index (χ1n) is 10.9. The van der Waals surface area contributed by atoms with E-state index in [9.17, 15) is 9.59 Å². The molecule has 0 radical (unpaired) electrons. The maximum atomic E-state index is 13.4. The first-order valence-corrected chi connectivity index (χ1v) is 11.7. The number of fused-ring (bicyclic) bond motifs is 1. The number of benzene rings is 3. The summed E-state index contributed by atoms with van der Waals surface area (Å²) < 4.78 is 5.93. The minimum atomic E-state index is -0.691. The molecule has 7 heteroatoms. The van der Waals surface area contributed by atoms with E-state index < -0.39 is 6.04 Å². The summed E-state index contributed by atoms with van der Waals surface area (Å²) in [6, 6.07) is 17.9. The van der Waals surface area contributed by atoms with Crippen LogP contribution in [0.25, 0.3) is 10.8 Å². The Labute approximate surface area is 204 Å². The van der Waals surface area contributed by atoms with E-state index in [1.54, 1.807) is 18.2 Å². The zero-order valence-corrected chi connectivity index (χ0v) is 20.5. The molecule has 3 rings (SSSR count). The van der Waals surface area contributed by atoms with Crippen molar-refractivity contribution < 1.29 is 14.3 Å². The summed E-state index contributed by atoms with van der Waals surface area (Å²) >= 11 is 12.7. The van der Waals surface area contributed by atoms with E-state index in [0.717, 1.165) is 10.8 Å². The molecule has 0 aliphatic heterocycles. The molecule has 5 nitrogen and oxygen atoms in total. The fraction of sp³-hybridized carbons (Fsp3) is 0.308. The minimum absolute atomic E-state index is 0.0562. The lowest BCUT2D eigenvalue weighted by Crippen LogP contribution is -2.51. The van der Waals surface area contributed by atoms with Crippen LogP contribution in [0.3, 0.4) is 0 Å². The van der Waals surface area contributed by atoms with Crippen LogP contribution in [-0.2, 0) is 16.1 Å². The Morgan fingerprint density at radius 1 is 0.970 bits per heavy atom. The summed E-state index contributed by atoms with van der Waals surface area (Å²) in [4.78, 5) is 27.8. The number of carbonyl (C=O) groups is 2. The van der Waals surface area contributed by atoms with Crippen molar-refractivity contribution in [1.82, 2.24) is 10.2 Å². The lowest BCUT2D eigenvalue weighted by atomic mass is 10.1. The summed E-state index contributed by atoms with van der Waals surface area (Å²) in [5, 5.41) is 5.71. The molecule has 0 heterocycles. The first-order chi connectivity index (χ1) is 15.8. The van der Waals surface area contributed by atoms with Gasteiger partial charge in [0.15, 0.2) is 6.61 Å². The smallest absolute Gasteiger partial charge is 0.261 e. The molecular formula is C26H28Cl2N2O3. The van der Waals surface area contributed by atoms with E-state index in [0.29, 0.717) is 27.8 Å². The summed E-state index contributed by atoms with van der Waals surface area (Å²) in [7, 11) is 0. The Morgan fingerprint density at radius 3 is 2.27 bits per heavy atom. The Morgan fingerprint density at radius 2 is 1.61 bits per heavy atom. The quantitative estimate of drug-likeness (QED) is 0.412. The van der Waals surface area contributed by atoms with Gasteiger partial charge in [-0.3, -0.25) is 9.59 Å². The number of nitrogens with zero attached hydrogens (tertiary/aromatic N) is 1. The number of hydrogen-bond acceptors (Lipinski definition) is 3. The van der Waals surface area contributed by atoms with Gasteiger partial charge in [0.05, 0.1) is 0 Å². The fourth-order valence-corrected chi connectivity index (χ4v) is 4.21. The molecule has 0 unspecified atom stereocenters. The number of carbonyl (C=O) groups excluding carboxylic acids is 2. The normalized spacial score (nSPS) is 11.9. The van der Waals surface area contributed by atoms with Gasteiger partial charge in [0.2, 0.25) is 5.91 Å². The zero-order valence-electron chi connectivity index (χ0n) is 19.0. The van der Waals surface area contributed by atoms with Gasteiger partial charge in [-0.25, -0.2) is 0 Å². The summed E-state index contributed by atoms with van der Waals surface area (Å²) in [6.07, 6.45) is 0.431. The van der Waals surface area contributed by atoms with E-state index in [1.807, 2.05) is 63.2 Å². The van der Waals surface area contributed by atoms with Crippen LogP contribution in [-0.4, -0.2) is 35.4 Å². The van der Waals surface area contributed by atoms with Gasteiger partial charge in [-0.1, -0.05) is 72.6 Å². The van der Waals surface area contributed by atoms with Crippen molar-refractivity contribution in [2.45, 2.75) is 45.8 Å². The fourth-order valence-electron chi connectivity index (χ4n) is 3.70. The molecule has 174 valence electrons. The van der Waals surface area contributed by atoms with Crippen LogP contribution < -0.4 is 10.1 Å². The number of rotatable bonds is 9. The van der Waals surface area contributed by atoms with Gasteiger partial charge in [0.25, 0.3) is 5.91 Å². The van der Waals surface area contributed by atoms with E-state index in [-0.39, 0.29) is 31.0 Å². The molecule has 0 aromatic heterocycles. The predicted octanol–water partition coefficient (Wildman–Crippen LogP) is 5.86. The van der Waals surface area contributed by atoms with Crippen molar-refractivity contribution in [3.63, 3.8) is 0 Å². The molecule has 0 aliphatic carbocycles. The molecule has 0 bridgehead atoms. The number of halogens is 2. The van der Waals surface area contributed by atoms with Gasteiger partial charge in [-0.2, -0.15) is 0 Å². The third-order valence-electron chi connectivity index (χ3n) is 5.31. The van der Waals surface area contributed by atoms with Crippen LogP contribution in [0, 0.1) is 0 Å². The van der Waals surface area contributed by atoms with Gasteiger partial charge in [-0.05, 0) is 43.9 Å². The summed E-state index contributed by atoms with van der Waals surface area (Å²) in [5.74, 6) is 0.0516. The second-order valence-corrected chi connectivity index (χ2v) is 8.89. The lowest BCUT2D eigenvalue weighted by Gasteiger charge is -2.31. The molecule has 1 N–H and O–H groups in total. The van der Waals surface area contributed by atoms with Crippen molar-refractivity contribution in [1.29, 1.82) is 0 Å². The molecule has 0 spiro atoms. The van der Waals surface area contributed by atoms with Crippen molar-refractivity contribution in [3.05, 3.63) is 76.3 Å². The summed E-state index contributed by atoms with van der Waals surface area (Å²) in [6.45, 7) is 5.50. The van der Waals surface area contributed by atoms with E-state index >= 15 is 0 Å². The average Bonchev–Trinajstić information content (AvgIpc) is 2.78. The Bertz CT molecular complexity index is 1110. The van der Waals surface area contributed by atoms with Crippen LogP contribution in [0.1, 0.15) is 32.8 Å². The monoisotopic (exact) mass is 486 g/mol. The molecule has 0 saturated carbocycles. The van der Waals surface area contributed by atoms with Crippen molar-refractivity contribution in [2.24, 2.45) is 0 Å². The third kappa shape index (κ3) is 6.18. The van der Waals surface area contributed by atoms with E-state index in [1.165, 1.54) is 4.90 Å². The molecule has 3 aromatic rings. The number of amides is 2. The van der Waals surface area contributed by atoms with Crippen LogP contribution >= 0.6 is 23.2 Å². The maximum absolute atomic E-state index is 13.4. The molecule has 1 atom stereocenters. The second-order valence-electron chi connectivity index (χ2n) is 8.08. The van der Waals surface area contributed by atoms with E-state index in [4.69, 9.17) is 27.9 Å². The largest absolute Gasteiger partial charge is 0.483 e. The number of nitrogens with one attached hydrogen (secondary N) is 1. The van der Waals surface area contributed by atoms with Gasteiger partial charge in [0.1, 0.15) is 11.8 Å². The van der Waals surface area contributed by atoms with Crippen LogP contribution in [0.2, 0.25) is 10.0 Å². The van der Waals surface area contributed by atoms with Crippen molar-refractivity contribution in [3.8, 4) is 5.75 Å². The minimum Gasteiger partial charge on any atom is -0.483 e. The van der Waals surface area contributed by atoms with E-state index in [2.05, 4.69) is 5.32 Å². The molecule has 0 aliphatic rings. The molecular weight excluding hydrogens is 459 g/mol. The van der Waals surface area contributed by atoms with Gasteiger partial charge >= 0.3 is 0 Å². The average molecular weight is 487 g/mol. The van der Waals surface area contributed by atoms with Gasteiger partial charge in [0, 0.05) is 33.6 Å². The standard InChI is InChI=1S/C26H28Cl2N2O3/c1-4-23(26(32)29-17(2)3)30(15-20-21(27)12-8-13-22(20)28)25(31)16-33-24-14-7-10-18-9-5-6-11-19(18)24/h5-14,17,23H,4,15-16H2,1-3H3,(H,29,32)/t23-/m0/s1. The zero-order chi connectivity index (χ0) is 24.0. The molecule has 33 heavy (non-hydrogen) atoms. The molecule has 0 saturated heterocycles. The SMILES string of the molecule is CC[C@@H](C(=O)NC(C)C)N(Cc1c(Cl)cccc1Cl)C(=O)COc1cccc2ccccc12. The highest BCUT2D eigenvalue weighted by Gasteiger charge is 2.30. The first kappa shape index (κ1) is 24.9. The lowest BCUT2D eigenvalue weighted by molar-refractivity contribution is -0.143. The number of hydrogen-bond donors (Lipinski definition) is 1. The highest BCUT2D eigenvalue weighted by atomic mass is 35.5. The second kappa shape index (κ2) is 11.4. The topological polar surface area (TPSA) is 58.6 Å². The molecule has 3 aromatic carbocycles. The molecule has 0 fully saturated rings. The van der Waals surface area contributed by atoms with Crippen molar-refractivity contribution in [2.75, 3.05) is 6.61 Å². The Hall–Kier alpha value is -2.76. The van der Waals surface area contributed by atoms with Gasteiger partial charge < -0.3 is 15.0 Å². The summed E-state index contributed by atoms with van der Waals surface area (Å²) in [5.41, 5.74) is 0.593. The Balaban J connectivity index is 1.88. The van der Waals surface area contributed by atoms with Crippen molar-refractivity contribution >= 4 is 45.8 Å². The maximum Gasteiger partial charge on any atom is 0.261 e. The van der Waals surface area contributed by atoms with Crippen LogP contribution in [0.5, 0.6) is 5.75 Å². The van der Waals surface area contributed by atoms with Gasteiger partial charge in [-0.15, -0.1) is 0 Å². The highest BCUT2D eigenvalue weighted by Crippen LogP contribution is 2.28.